The summed E-state index contributed by atoms with van der Waals surface area (Å²) in [5.41, 5.74) is 7.40. The maximum absolute atomic E-state index is 6.38. The van der Waals surface area contributed by atoms with E-state index in [-0.39, 0.29) is 11.6 Å². The van der Waals surface area contributed by atoms with Crippen LogP contribution in [-0.2, 0) is 0 Å². The average molecular weight is 276 g/mol. The lowest BCUT2D eigenvalue weighted by molar-refractivity contribution is -0.0206. The Balaban J connectivity index is 1.84. The first-order chi connectivity index (χ1) is 9.65. The highest BCUT2D eigenvalue weighted by Crippen LogP contribution is 2.44. The number of hydrogen-bond acceptors (Lipinski definition) is 4. The third-order valence-corrected chi connectivity index (χ3v) is 4.75. The summed E-state index contributed by atoms with van der Waals surface area (Å²) < 4.78 is 11.7. The van der Waals surface area contributed by atoms with Gasteiger partial charge in [0, 0.05) is 37.2 Å². The zero-order valence-electron chi connectivity index (χ0n) is 12.4. The Morgan fingerprint density at radius 3 is 2.80 bits per heavy atom. The monoisotopic (exact) mass is 276 g/mol. The molecule has 1 aromatic rings. The molecular formula is C16H24N2O2. The van der Waals surface area contributed by atoms with Crippen molar-refractivity contribution in [3.63, 3.8) is 0 Å². The van der Waals surface area contributed by atoms with Crippen LogP contribution in [0.5, 0.6) is 11.5 Å². The number of ether oxygens (including phenoxy) is 2. The highest BCUT2D eigenvalue weighted by Gasteiger charge is 2.42. The van der Waals surface area contributed by atoms with Crippen LogP contribution in [0.1, 0.15) is 37.8 Å². The summed E-state index contributed by atoms with van der Waals surface area (Å²) in [6.07, 6.45) is 3.04. The van der Waals surface area contributed by atoms with E-state index in [1.165, 1.54) is 0 Å². The number of piperidine rings is 1. The molecule has 1 fully saturated rings. The van der Waals surface area contributed by atoms with Crippen LogP contribution in [0, 0.1) is 0 Å². The molecule has 0 bridgehead atoms. The summed E-state index contributed by atoms with van der Waals surface area (Å²) in [7, 11) is 1.68. The van der Waals surface area contributed by atoms with Crippen molar-refractivity contribution in [1.82, 2.24) is 4.90 Å². The summed E-state index contributed by atoms with van der Waals surface area (Å²) in [5.74, 6) is 1.74. The van der Waals surface area contributed by atoms with Gasteiger partial charge in [0.25, 0.3) is 0 Å². The van der Waals surface area contributed by atoms with Crippen molar-refractivity contribution in [2.24, 2.45) is 5.73 Å². The molecule has 1 aromatic carbocycles. The number of hydrogen-bond donors (Lipinski definition) is 1. The number of rotatable bonds is 2. The standard InChI is InChI=1S/C16H24N2O2/c1-3-18-8-6-16(7-9-18)11-14(17)13-5-4-12(19-2)10-15(13)20-16/h4-5,10,14H,3,6-9,11,17H2,1-2H3. The molecule has 0 radical (unpaired) electrons. The van der Waals surface area contributed by atoms with Gasteiger partial charge in [-0.2, -0.15) is 0 Å². The molecule has 4 heteroatoms. The highest BCUT2D eigenvalue weighted by molar-refractivity contribution is 5.44. The number of fused-ring (bicyclic) bond motifs is 1. The first kappa shape index (κ1) is 13.7. The van der Waals surface area contributed by atoms with E-state index in [2.05, 4.69) is 11.8 Å². The fraction of sp³-hybridized carbons (Fsp3) is 0.625. The fourth-order valence-electron chi connectivity index (χ4n) is 3.40. The molecule has 0 aliphatic carbocycles. The number of benzene rings is 1. The molecule has 3 rings (SSSR count). The topological polar surface area (TPSA) is 47.7 Å². The molecule has 2 heterocycles. The quantitative estimate of drug-likeness (QED) is 0.900. The van der Waals surface area contributed by atoms with Crippen LogP contribution in [0.25, 0.3) is 0 Å². The number of nitrogens with two attached hydrogens (primary N) is 1. The van der Waals surface area contributed by atoms with Gasteiger partial charge in [0.1, 0.15) is 17.1 Å². The van der Waals surface area contributed by atoms with Crippen LogP contribution in [-0.4, -0.2) is 37.2 Å². The van der Waals surface area contributed by atoms with Crippen LogP contribution in [0.3, 0.4) is 0 Å². The first-order valence-corrected chi connectivity index (χ1v) is 7.51. The van der Waals surface area contributed by atoms with Gasteiger partial charge in [-0.1, -0.05) is 13.0 Å². The van der Waals surface area contributed by atoms with E-state index in [1.807, 2.05) is 18.2 Å². The molecule has 0 aromatic heterocycles. The lowest BCUT2D eigenvalue weighted by atomic mass is 9.81. The molecule has 1 atom stereocenters. The summed E-state index contributed by atoms with van der Waals surface area (Å²) >= 11 is 0. The molecule has 2 aliphatic rings. The second-order valence-corrected chi connectivity index (χ2v) is 5.93. The van der Waals surface area contributed by atoms with Crippen LogP contribution in [0.15, 0.2) is 18.2 Å². The van der Waals surface area contributed by atoms with Crippen LogP contribution in [0.2, 0.25) is 0 Å². The molecule has 2 N–H and O–H groups in total. The largest absolute Gasteiger partial charge is 0.497 e. The van der Waals surface area contributed by atoms with E-state index >= 15 is 0 Å². The second kappa shape index (κ2) is 5.26. The predicted molar refractivity (Wildman–Crippen MR) is 79.2 cm³/mol. The second-order valence-electron chi connectivity index (χ2n) is 5.93. The van der Waals surface area contributed by atoms with Crippen molar-refractivity contribution < 1.29 is 9.47 Å². The van der Waals surface area contributed by atoms with Gasteiger partial charge in [-0.3, -0.25) is 0 Å². The van der Waals surface area contributed by atoms with E-state index in [1.54, 1.807) is 7.11 Å². The van der Waals surface area contributed by atoms with E-state index < -0.39 is 0 Å². The third kappa shape index (κ3) is 2.38. The molecule has 0 amide bonds. The molecule has 1 unspecified atom stereocenters. The number of likely N-dealkylation sites (tertiary alicyclic amines) is 1. The zero-order chi connectivity index (χ0) is 14.2. The Bertz CT molecular complexity index is 481. The van der Waals surface area contributed by atoms with Crippen LogP contribution >= 0.6 is 0 Å². The van der Waals surface area contributed by atoms with Gasteiger partial charge in [0.2, 0.25) is 0 Å². The summed E-state index contributed by atoms with van der Waals surface area (Å²) in [5, 5.41) is 0. The maximum Gasteiger partial charge on any atom is 0.128 e. The third-order valence-electron chi connectivity index (χ3n) is 4.75. The summed E-state index contributed by atoms with van der Waals surface area (Å²) in [4.78, 5) is 2.47. The van der Waals surface area contributed by atoms with Gasteiger partial charge in [-0.05, 0) is 25.5 Å². The molecule has 4 nitrogen and oxygen atoms in total. The van der Waals surface area contributed by atoms with E-state index in [0.29, 0.717) is 0 Å². The minimum absolute atomic E-state index is 0.0674. The Morgan fingerprint density at radius 2 is 2.15 bits per heavy atom. The fourth-order valence-corrected chi connectivity index (χ4v) is 3.40. The number of nitrogens with zero attached hydrogens (tertiary/aromatic N) is 1. The Kier molecular flexibility index (Phi) is 3.61. The molecule has 1 saturated heterocycles. The van der Waals surface area contributed by atoms with Crippen molar-refractivity contribution in [1.29, 1.82) is 0 Å². The predicted octanol–water partition coefficient (Wildman–Crippen LogP) is 2.33. The zero-order valence-corrected chi connectivity index (χ0v) is 12.4. The van der Waals surface area contributed by atoms with E-state index in [0.717, 1.165) is 56.0 Å². The van der Waals surface area contributed by atoms with Crippen LogP contribution in [0.4, 0.5) is 0 Å². The Hall–Kier alpha value is -1.26. The van der Waals surface area contributed by atoms with E-state index in [4.69, 9.17) is 15.2 Å². The molecule has 1 spiro atoms. The number of methoxy groups -OCH3 is 1. The van der Waals surface area contributed by atoms with Crippen molar-refractivity contribution in [2.75, 3.05) is 26.7 Å². The van der Waals surface area contributed by atoms with Crippen molar-refractivity contribution in [3.8, 4) is 11.5 Å². The maximum atomic E-state index is 6.38. The Labute approximate surface area is 120 Å². The van der Waals surface area contributed by atoms with Crippen LogP contribution < -0.4 is 15.2 Å². The molecule has 110 valence electrons. The van der Waals surface area contributed by atoms with Gasteiger partial charge in [-0.15, -0.1) is 0 Å². The van der Waals surface area contributed by atoms with Gasteiger partial charge in [0.15, 0.2) is 0 Å². The van der Waals surface area contributed by atoms with Gasteiger partial charge < -0.3 is 20.1 Å². The average Bonchev–Trinajstić information content (AvgIpc) is 2.47. The normalized spacial score (nSPS) is 25.1. The highest BCUT2D eigenvalue weighted by atomic mass is 16.5. The Morgan fingerprint density at radius 1 is 1.40 bits per heavy atom. The van der Waals surface area contributed by atoms with Gasteiger partial charge >= 0.3 is 0 Å². The molecular weight excluding hydrogens is 252 g/mol. The van der Waals surface area contributed by atoms with Crippen molar-refractivity contribution >= 4 is 0 Å². The van der Waals surface area contributed by atoms with Gasteiger partial charge in [0.05, 0.1) is 7.11 Å². The van der Waals surface area contributed by atoms with E-state index in [9.17, 15) is 0 Å². The first-order valence-electron chi connectivity index (χ1n) is 7.51. The minimum atomic E-state index is -0.0789. The SMILES string of the molecule is CCN1CCC2(CC1)CC(N)c1ccc(OC)cc1O2. The molecule has 2 aliphatic heterocycles. The molecule has 20 heavy (non-hydrogen) atoms. The lowest BCUT2D eigenvalue weighted by Crippen LogP contribution is -2.51. The smallest absolute Gasteiger partial charge is 0.128 e. The summed E-state index contributed by atoms with van der Waals surface area (Å²) in [6, 6.07) is 6.03. The summed E-state index contributed by atoms with van der Waals surface area (Å²) in [6.45, 7) is 5.53. The lowest BCUT2D eigenvalue weighted by Gasteiger charge is -2.46. The molecule has 0 saturated carbocycles. The minimum Gasteiger partial charge on any atom is -0.497 e. The van der Waals surface area contributed by atoms with Crippen molar-refractivity contribution in [3.05, 3.63) is 23.8 Å². The van der Waals surface area contributed by atoms with Crippen molar-refractivity contribution in [2.45, 2.75) is 37.8 Å². The van der Waals surface area contributed by atoms with Gasteiger partial charge in [-0.25, -0.2) is 0 Å².